The van der Waals surface area contributed by atoms with Crippen LogP contribution in [0.25, 0.3) is 0 Å². The molecule has 0 bridgehead atoms. The van der Waals surface area contributed by atoms with Gasteiger partial charge in [-0.2, -0.15) is 18.3 Å². The number of aryl methyl sites for hydroxylation is 1. The summed E-state index contributed by atoms with van der Waals surface area (Å²) in [5.41, 5.74) is -0.599. The first-order valence-corrected chi connectivity index (χ1v) is 14.5. The van der Waals surface area contributed by atoms with Crippen molar-refractivity contribution in [2.45, 2.75) is 42.8 Å². The minimum atomic E-state index is -4.70. The number of hydrogen-bond donors (Lipinski definition) is 2. The average molecular weight is 596 g/mol. The molecule has 0 spiro atoms. The first kappa shape index (κ1) is 30.0. The van der Waals surface area contributed by atoms with Crippen molar-refractivity contribution in [3.05, 3.63) is 59.9 Å². The molecule has 2 N–H and O–H groups in total. The number of halogens is 3. The predicted molar refractivity (Wildman–Crippen MR) is 140 cm³/mol. The number of nitrogens with one attached hydrogen (secondary N) is 1. The standard InChI is InChI=1S/C26H28F3N5O6S/c1-41(39,40)20-8-3-2-6-17(20)9-10-19(31-24(37)38)22(35)33-13-11-21-25(15-33,14-18-7-4-5-12-30-18)23(36)34(32-21)16-26(27,28)29/h2-8,12,19,31H,9-11,13-16H2,1H3,(H,37,38)/t19?,25-/m1/s1. The van der Waals surface area contributed by atoms with Gasteiger partial charge in [0.05, 0.1) is 10.6 Å². The van der Waals surface area contributed by atoms with E-state index in [0.29, 0.717) is 16.3 Å². The van der Waals surface area contributed by atoms with Gasteiger partial charge in [0.1, 0.15) is 18.0 Å². The van der Waals surface area contributed by atoms with Crippen LogP contribution >= 0.6 is 0 Å². The van der Waals surface area contributed by atoms with Gasteiger partial charge < -0.3 is 15.3 Å². The second-order valence-corrected chi connectivity index (χ2v) is 12.0. The van der Waals surface area contributed by atoms with Crippen LogP contribution in [0, 0.1) is 5.41 Å². The molecule has 2 aliphatic heterocycles. The average Bonchev–Trinajstić information content (AvgIpc) is 3.15. The first-order chi connectivity index (χ1) is 19.2. The minimum absolute atomic E-state index is 0.00459. The molecular weight excluding hydrogens is 567 g/mol. The number of sulfone groups is 1. The lowest BCUT2D eigenvalue weighted by Gasteiger charge is -2.40. The lowest BCUT2D eigenvalue weighted by Crippen LogP contribution is -2.59. The Bertz CT molecular complexity index is 1470. The van der Waals surface area contributed by atoms with Crippen molar-refractivity contribution < 1.29 is 41.1 Å². The third-order valence-corrected chi connectivity index (χ3v) is 8.23. The van der Waals surface area contributed by atoms with Gasteiger partial charge >= 0.3 is 12.3 Å². The number of amides is 3. The molecule has 11 nitrogen and oxygen atoms in total. The molecule has 2 aromatic rings. The molecule has 2 aliphatic rings. The molecule has 0 saturated carbocycles. The number of aromatic nitrogens is 1. The number of fused-ring (bicyclic) bond motifs is 1. The molecule has 220 valence electrons. The number of pyridine rings is 1. The molecule has 1 aromatic carbocycles. The number of piperidine rings is 1. The number of benzene rings is 1. The summed E-state index contributed by atoms with van der Waals surface area (Å²) < 4.78 is 64.1. The highest BCUT2D eigenvalue weighted by atomic mass is 32.2. The fraction of sp³-hybridized carbons (Fsp3) is 0.423. The highest BCUT2D eigenvalue weighted by Gasteiger charge is 2.56. The SMILES string of the molecule is CS(=O)(=O)c1ccccc1CCC(NC(=O)O)C(=O)N1CCC2=NN(CC(F)(F)F)C(=O)[C@]2(Cc2ccccn2)C1. The Kier molecular flexibility index (Phi) is 8.38. The van der Waals surface area contributed by atoms with Crippen LogP contribution in [0.3, 0.4) is 0 Å². The normalized spacial score (nSPS) is 19.9. The van der Waals surface area contributed by atoms with E-state index >= 15 is 0 Å². The number of carboxylic acid groups (broad SMARTS) is 1. The molecule has 41 heavy (non-hydrogen) atoms. The smallest absolute Gasteiger partial charge is 0.408 e. The molecule has 2 atom stereocenters. The second-order valence-electron chi connectivity index (χ2n) is 10.0. The van der Waals surface area contributed by atoms with E-state index < -0.39 is 51.9 Å². The van der Waals surface area contributed by atoms with Gasteiger partial charge in [0, 0.05) is 44.1 Å². The van der Waals surface area contributed by atoms with Crippen LogP contribution in [-0.4, -0.2) is 90.1 Å². The van der Waals surface area contributed by atoms with E-state index in [4.69, 9.17) is 0 Å². The van der Waals surface area contributed by atoms with E-state index in [0.717, 1.165) is 6.26 Å². The number of rotatable bonds is 9. The van der Waals surface area contributed by atoms with E-state index in [1.807, 2.05) is 0 Å². The number of likely N-dealkylation sites (tertiary alicyclic amines) is 1. The monoisotopic (exact) mass is 595 g/mol. The van der Waals surface area contributed by atoms with E-state index in [-0.39, 0.29) is 49.4 Å². The van der Waals surface area contributed by atoms with Crippen LogP contribution in [0.2, 0.25) is 0 Å². The summed E-state index contributed by atoms with van der Waals surface area (Å²) in [5.74, 6) is -1.61. The van der Waals surface area contributed by atoms with Crippen LogP contribution in [-0.2, 0) is 32.3 Å². The van der Waals surface area contributed by atoms with Gasteiger partial charge in [0.25, 0.3) is 5.91 Å². The molecule has 1 unspecified atom stereocenters. The zero-order valence-electron chi connectivity index (χ0n) is 22.0. The van der Waals surface area contributed by atoms with E-state index in [2.05, 4.69) is 15.4 Å². The lowest BCUT2D eigenvalue weighted by atomic mass is 9.74. The maximum Gasteiger partial charge on any atom is 0.408 e. The lowest BCUT2D eigenvalue weighted by molar-refractivity contribution is -0.164. The van der Waals surface area contributed by atoms with E-state index in [1.165, 1.54) is 17.2 Å². The molecule has 3 heterocycles. The van der Waals surface area contributed by atoms with E-state index in [9.17, 15) is 41.1 Å². The number of alkyl halides is 3. The van der Waals surface area contributed by atoms with Crippen LogP contribution in [0.4, 0.5) is 18.0 Å². The van der Waals surface area contributed by atoms with E-state index in [1.54, 1.807) is 36.4 Å². The zero-order valence-corrected chi connectivity index (χ0v) is 22.8. The maximum atomic E-state index is 13.7. The molecule has 1 aromatic heterocycles. The van der Waals surface area contributed by atoms with Gasteiger partial charge in [-0.3, -0.25) is 14.6 Å². The van der Waals surface area contributed by atoms with Crippen molar-refractivity contribution in [3.8, 4) is 0 Å². The Morgan fingerprint density at radius 3 is 2.51 bits per heavy atom. The molecule has 1 saturated heterocycles. The first-order valence-electron chi connectivity index (χ1n) is 12.6. The molecule has 15 heteroatoms. The van der Waals surface area contributed by atoms with Crippen molar-refractivity contribution in [1.29, 1.82) is 0 Å². The van der Waals surface area contributed by atoms with Crippen molar-refractivity contribution in [3.63, 3.8) is 0 Å². The number of nitrogens with zero attached hydrogens (tertiary/aromatic N) is 4. The maximum absolute atomic E-state index is 13.7. The van der Waals surface area contributed by atoms with Crippen molar-refractivity contribution in [2.24, 2.45) is 10.5 Å². The number of hydrazone groups is 1. The third kappa shape index (κ3) is 6.84. The van der Waals surface area contributed by atoms with Crippen LogP contribution < -0.4 is 5.32 Å². The Morgan fingerprint density at radius 2 is 1.88 bits per heavy atom. The molecule has 4 rings (SSSR count). The summed E-state index contributed by atoms with van der Waals surface area (Å²) in [6, 6.07) is 9.75. The van der Waals surface area contributed by atoms with Gasteiger partial charge in [-0.05, 0) is 36.6 Å². The Labute approximate surface area is 234 Å². The fourth-order valence-electron chi connectivity index (χ4n) is 5.26. The largest absolute Gasteiger partial charge is 0.465 e. The number of hydrogen-bond acceptors (Lipinski definition) is 7. The Morgan fingerprint density at radius 1 is 1.17 bits per heavy atom. The minimum Gasteiger partial charge on any atom is -0.465 e. The van der Waals surface area contributed by atoms with Gasteiger partial charge in [-0.25, -0.2) is 18.2 Å². The van der Waals surface area contributed by atoms with Crippen LogP contribution in [0.1, 0.15) is 24.1 Å². The summed E-state index contributed by atoms with van der Waals surface area (Å²) in [5, 5.41) is 16.0. The van der Waals surface area contributed by atoms with Crippen LogP contribution in [0.15, 0.2) is 58.7 Å². The second kappa shape index (κ2) is 11.5. The Hall–Kier alpha value is -4.01. The van der Waals surface area contributed by atoms with Crippen LogP contribution in [0.5, 0.6) is 0 Å². The third-order valence-electron chi connectivity index (χ3n) is 7.04. The van der Waals surface area contributed by atoms with Gasteiger partial charge in [-0.15, -0.1) is 0 Å². The molecule has 0 aliphatic carbocycles. The van der Waals surface area contributed by atoms with Crippen molar-refractivity contribution >= 4 is 33.5 Å². The quantitative estimate of drug-likeness (QED) is 0.452. The molecule has 3 amide bonds. The summed E-state index contributed by atoms with van der Waals surface area (Å²) in [4.78, 5) is 44.2. The summed E-state index contributed by atoms with van der Waals surface area (Å²) in [7, 11) is -3.59. The summed E-state index contributed by atoms with van der Waals surface area (Å²) in [6.45, 7) is -1.92. The molecule has 1 fully saturated rings. The highest BCUT2D eigenvalue weighted by Crippen LogP contribution is 2.39. The van der Waals surface area contributed by atoms with Gasteiger partial charge in [0.2, 0.25) is 5.91 Å². The number of carbonyl (C=O) groups is 3. The topological polar surface area (TPSA) is 149 Å². The fourth-order valence-corrected chi connectivity index (χ4v) is 6.23. The summed E-state index contributed by atoms with van der Waals surface area (Å²) in [6.07, 6.45) is -3.85. The van der Waals surface area contributed by atoms with Gasteiger partial charge in [0.15, 0.2) is 9.84 Å². The number of carbonyl (C=O) groups excluding carboxylic acids is 2. The zero-order chi connectivity index (χ0) is 30.0. The highest BCUT2D eigenvalue weighted by molar-refractivity contribution is 7.90. The van der Waals surface area contributed by atoms with Crippen molar-refractivity contribution in [2.75, 3.05) is 25.9 Å². The Balaban J connectivity index is 1.61. The van der Waals surface area contributed by atoms with Crippen molar-refractivity contribution in [1.82, 2.24) is 20.2 Å². The predicted octanol–water partition coefficient (Wildman–Crippen LogP) is 2.28. The molecular formula is C26H28F3N5O6S. The molecule has 0 radical (unpaired) electrons. The summed E-state index contributed by atoms with van der Waals surface area (Å²) >= 11 is 0. The van der Waals surface area contributed by atoms with Gasteiger partial charge in [-0.1, -0.05) is 24.3 Å².